The number of hydrogen-bond donors (Lipinski definition) is 4. The van der Waals surface area contributed by atoms with E-state index in [0.717, 1.165) is 5.01 Å². The first-order valence-corrected chi connectivity index (χ1v) is 8.77. The molecule has 5 N–H and O–H groups in total. The van der Waals surface area contributed by atoms with Crippen molar-refractivity contribution in [2.45, 2.75) is 50.2 Å². The number of nitrogens with one attached hydrogen (secondary N) is 2. The highest BCUT2D eigenvalue weighted by atomic mass is 16.4. The number of H-pyrrole nitrogens is 1. The van der Waals surface area contributed by atoms with E-state index in [1.165, 1.54) is 17.5 Å². The van der Waals surface area contributed by atoms with E-state index in [-0.39, 0.29) is 25.2 Å². The van der Waals surface area contributed by atoms with Crippen LogP contribution in [-0.2, 0) is 25.6 Å². The predicted molar refractivity (Wildman–Crippen MR) is 90.6 cm³/mol. The van der Waals surface area contributed by atoms with Crippen LogP contribution in [0.1, 0.15) is 31.4 Å². The molecule has 2 saturated heterocycles. The van der Waals surface area contributed by atoms with Gasteiger partial charge < -0.3 is 21.1 Å². The van der Waals surface area contributed by atoms with Crippen molar-refractivity contribution in [3.8, 4) is 0 Å². The third kappa shape index (κ3) is 3.92. The Morgan fingerprint density at radius 1 is 1.41 bits per heavy atom. The van der Waals surface area contributed by atoms with Gasteiger partial charge in [0, 0.05) is 31.3 Å². The average molecular weight is 378 g/mol. The SMILES string of the molecule is NC(=O)[C@@H]1CCCN1N(C(=O)[C@@H]1CCC(=O)N1)[C@@H](Cc1cnc[nH]1)C(=O)O. The summed E-state index contributed by atoms with van der Waals surface area (Å²) >= 11 is 0. The van der Waals surface area contributed by atoms with Gasteiger partial charge in [-0.15, -0.1) is 0 Å². The van der Waals surface area contributed by atoms with Crippen LogP contribution in [0.25, 0.3) is 0 Å². The number of carbonyl (C=O) groups is 4. The van der Waals surface area contributed by atoms with E-state index in [2.05, 4.69) is 15.3 Å². The predicted octanol–water partition coefficient (Wildman–Crippen LogP) is -1.62. The van der Waals surface area contributed by atoms with Crippen LogP contribution in [0, 0.1) is 0 Å². The van der Waals surface area contributed by atoms with E-state index in [4.69, 9.17) is 5.73 Å². The monoisotopic (exact) mass is 378 g/mol. The van der Waals surface area contributed by atoms with Crippen LogP contribution in [-0.4, -0.2) is 73.5 Å². The molecule has 2 fully saturated rings. The number of aliphatic carboxylic acids is 1. The fourth-order valence-electron chi connectivity index (χ4n) is 3.60. The summed E-state index contributed by atoms with van der Waals surface area (Å²) in [5.41, 5.74) is 5.99. The number of aromatic amines is 1. The molecule has 11 nitrogen and oxygen atoms in total. The summed E-state index contributed by atoms with van der Waals surface area (Å²) in [7, 11) is 0. The molecule has 1 aromatic heterocycles. The minimum Gasteiger partial charge on any atom is -0.480 e. The number of imidazole rings is 1. The van der Waals surface area contributed by atoms with Crippen molar-refractivity contribution in [3.63, 3.8) is 0 Å². The Labute approximate surface area is 154 Å². The van der Waals surface area contributed by atoms with Gasteiger partial charge in [-0.1, -0.05) is 0 Å². The maximum absolute atomic E-state index is 13.1. The largest absolute Gasteiger partial charge is 0.480 e. The Morgan fingerprint density at radius 2 is 2.19 bits per heavy atom. The number of carbonyl (C=O) groups excluding carboxylic acids is 3. The number of amides is 3. The van der Waals surface area contributed by atoms with Crippen molar-refractivity contribution < 1.29 is 24.3 Å². The van der Waals surface area contributed by atoms with Crippen LogP contribution < -0.4 is 11.1 Å². The molecule has 11 heteroatoms. The maximum atomic E-state index is 13.1. The van der Waals surface area contributed by atoms with Gasteiger partial charge in [0.05, 0.1) is 6.33 Å². The Bertz CT molecular complexity index is 736. The molecule has 3 atom stereocenters. The van der Waals surface area contributed by atoms with E-state index in [9.17, 15) is 24.3 Å². The molecular formula is C16H22N6O5. The van der Waals surface area contributed by atoms with Gasteiger partial charge in [-0.05, 0) is 19.3 Å². The van der Waals surface area contributed by atoms with Crippen LogP contribution in [0.2, 0.25) is 0 Å². The van der Waals surface area contributed by atoms with Crippen LogP contribution in [0.3, 0.4) is 0 Å². The number of hydrogen-bond acceptors (Lipinski definition) is 6. The van der Waals surface area contributed by atoms with E-state index >= 15 is 0 Å². The second-order valence-electron chi connectivity index (χ2n) is 6.70. The summed E-state index contributed by atoms with van der Waals surface area (Å²) in [6.45, 7) is 0.326. The summed E-state index contributed by atoms with van der Waals surface area (Å²) in [5.74, 6) is -2.66. The molecule has 1 aromatic rings. The van der Waals surface area contributed by atoms with Crippen molar-refractivity contribution in [1.29, 1.82) is 0 Å². The van der Waals surface area contributed by atoms with Gasteiger partial charge in [0.1, 0.15) is 12.1 Å². The molecule has 0 radical (unpaired) electrons. The number of hydrazine groups is 1. The number of nitrogens with two attached hydrogens (primary N) is 1. The highest BCUT2D eigenvalue weighted by molar-refractivity contribution is 5.93. The first-order valence-electron chi connectivity index (χ1n) is 8.77. The molecule has 2 aliphatic heterocycles. The standard InChI is InChI=1S/C16H22N6O5/c17-14(24)11-2-1-5-21(11)22(15(25)10-3-4-13(23)20-10)12(16(26)27)6-9-7-18-8-19-9/h7-8,10-12H,1-6H2,(H2,17,24)(H,18,19)(H,20,23)(H,26,27)/t10-,11-,12-/m0/s1. The van der Waals surface area contributed by atoms with Gasteiger partial charge in [-0.2, -0.15) is 0 Å². The van der Waals surface area contributed by atoms with Crippen molar-refractivity contribution in [1.82, 2.24) is 25.3 Å². The van der Waals surface area contributed by atoms with E-state index in [1.54, 1.807) is 0 Å². The lowest BCUT2D eigenvalue weighted by Crippen LogP contribution is -2.62. The molecule has 0 saturated carbocycles. The van der Waals surface area contributed by atoms with Crippen LogP contribution in [0.5, 0.6) is 0 Å². The summed E-state index contributed by atoms with van der Waals surface area (Å²) in [5, 5.41) is 14.9. The topological polar surface area (TPSA) is 162 Å². The van der Waals surface area contributed by atoms with E-state index in [0.29, 0.717) is 25.1 Å². The van der Waals surface area contributed by atoms with E-state index in [1.807, 2.05) is 0 Å². The normalized spacial score (nSPS) is 23.8. The molecule has 3 heterocycles. The number of aromatic nitrogens is 2. The second-order valence-corrected chi connectivity index (χ2v) is 6.70. The molecule has 0 bridgehead atoms. The third-order valence-corrected chi connectivity index (χ3v) is 4.90. The summed E-state index contributed by atoms with van der Waals surface area (Å²) < 4.78 is 0. The lowest BCUT2D eigenvalue weighted by Gasteiger charge is -2.39. The number of primary amides is 1. The van der Waals surface area contributed by atoms with Crippen molar-refractivity contribution in [2.24, 2.45) is 5.73 Å². The first-order chi connectivity index (χ1) is 12.9. The average Bonchev–Trinajstić information content (AvgIpc) is 3.35. The summed E-state index contributed by atoms with van der Waals surface area (Å²) in [6, 6.07) is -2.86. The van der Waals surface area contributed by atoms with Crippen LogP contribution >= 0.6 is 0 Å². The van der Waals surface area contributed by atoms with Gasteiger partial charge in [-0.25, -0.2) is 14.8 Å². The minimum absolute atomic E-state index is 0.0241. The molecule has 27 heavy (non-hydrogen) atoms. The molecule has 0 unspecified atom stereocenters. The second kappa shape index (κ2) is 7.74. The Morgan fingerprint density at radius 3 is 2.74 bits per heavy atom. The Balaban J connectivity index is 1.94. The minimum atomic E-state index is -1.27. The first kappa shape index (κ1) is 18.8. The van der Waals surface area contributed by atoms with Gasteiger partial charge in [0.2, 0.25) is 11.8 Å². The molecule has 146 valence electrons. The van der Waals surface area contributed by atoms with Crippen molar-refractivity contribution in [2.75, 3.05) is 6.54 Å². The third-order valence-electron chi connectivity index (χ3n) is 4.90. The number of carboxylic acid groups (broad SMARTS) is 1. The van der Waals surface area contributed by atoms with Gasteiger partial charge in [0.15, 0.2) is 6.04 Å². The zero-order valence-corrected chi connectivity index (χ0v) is 14.6. The molecule has 2 aliphatic rings. The lowest BCUT2D eigenvalue weighted by molar-refractivity contribution is -0.173. The zero-order valence-electron chi connectivity index (χ0n) is 14.6. The number of rotatable bonds is 7. The van der Waals surface area contributed by atoms with Crippen molar-refractivity contribution >= 4 is 23.7 Å². The van der Waals surface area contributed by atoms with Gasteiger partial charge >= 0.3 is 5.97 Å². The molecule has 0 aliphatic carbocycles. The fraction of sp³-hybridized carbons (Fsp3) is 0.562. The fourth-order valence-corrected chi connectivity index (χ4v) is 3.60. The van der Waals surface area contributed by atoms with Crippen LogP contribution in [0.4, 0.5) is 0 Å². The zero-order chi connectivity index (χ0) is 19.6. The lowest BCUT2D eigenvalue weighted by atomic mass is 10.1. The Kier molecular flexibility index (Phi) is 5.40. The molecule has 3 rings (SSSR count). The van der Waals surface area contributed by atoms with Crippen LogP contribution in [0.15, 0.2) is 12.5 Å². The summed E-state index contributed by atoms with van der Waals surface area (Å²) in [6.07, 6.45) is 4.38. The quantitative estimate of drug-likeness (QED) is 0.443. The van der Waals surface area contributed by atoms with Gasteiger partial charge in [-0.3, -0.25) is 19.4 Å². The van der Waals surface area contributed by atoms with Crippen molar-refractivity contribution in [3.05, 3.63) is 18.2 Å². The molecular weight excluding hydrogens is 356 g/mol. The maximum Gasteiger partial charge on any atom is 0.328 e. The van der Waals surface area contributed by atoms with E-state index < -0.39 is 35.9 Å². The molecule has 3 amide bonds. The Hall–Kier alpha value is -2.95. The van der Waals surface area contributed by atoms with Gasteiger partial charge in [0.25, 0.3) is 5.91 Å². The smallest absolute Gasteiger partial charge is 0.328 e. The number of nitrogens with zero attached hydrogens (tertiary/aromatic N) is 3. The highest BCUT2D eigenvalue weighted by Crippen LogP contribution is 2.25. The highest BCUT2D eigenvalue weighted by Gasteiger charge is 2.44. The summed E-state index contributed by atoms with van der Waals surface area (Å²) in [4.78, 5) is 55.2. The number of carboxylic acids is 1. The molecule has 0 aromatic carbocycles. The molecule has 0 spiro atoms.